The van der Waals surface area contributed by atoms with E-state index in [1.165, 1.54) is 15.6 Å². The fourth-order valence-corrected chi connectivity index (χ4v) is 5.65. The van der Waals surface area contributed by atoms with Crippen LogP contribution >= 0.6 is 11.3 Å². The topological polar surface area (TPSA) is 50.3 Å². The number of hydrogen-bond acceptors (Lipinski definition) is 4. The zero-order valence-corrected chi connectivity index (χ0v) is 16.2. The van der Waals surface area contributed by atoms with Crippen LogP contribution in [0.3, 0.4) is 0 Å². The molecule has 1 aromatic heterocycles. The van der Waals surface area contributed by atoms with E-state index in [1.807, 2.05) is 84.9 Å². The van der Waals surface area contributed by atoms with Gasteiger partial charge in [-0.1, -0.05) is 72.8 Å². The summed E-state index contributed by atoms with van der Waals surface area (Å²) in [6.45, 7) is 0.599. The number of sulfonamides is 1. The van der Waals surface area contributed by atoms with Crippen LogP contribution in [0.25, 0.3) is 10.2 Å². The van der Waals surface area contributed by atoms with Crippen LogP contribution in [0.2, 0.25) is 0 Å². The van der Waals surface area contributed by atoms with Gasteiger partial charge in [-0.25, -0.2) is 13.4 Å². The normalized spacial score (nSPS) is 11.9. The molecule has 0 bridgehead atoms. The van der Waals surface area contributed by atoms with Gasteiger partial charge >= 0.3 is 0 Å². The highest BCUT2D eigenvalue weighted by Crippen LogP contribution is 2.29. The van der Waals surface area contributed by atoms with Crippen LogP contribution in [-0.2, 0) is 23.1 Å². The van der Waals surface area contributed by atoms with Crippen LogP contribution in [0.1, 0.15) is 11.1 Å². The highest BCUT2D eigenvalue weighted by molar-refractivity contribution is 7.91. The van der Waals surface area contributed by atoms with Gasteiger partial charge in [0.15, 0.2) is 0 Å². The molecule has 4 nitrogen and oxygen atoms in total. The van der Waals surface area contributed by atoms with E-state index in [9.17, 15) is 8.42 Å². The molecule has 0 spiro atoms. The van der Waals surface area contributed by atoms with E-state index in [4.69, 9.17) is 0 Å². The Balaban J connectivity index is 1.73. The number of rotatable bonds is 6. The standard InChI is InChI=1S/C21H18N2O2S2/c24-27(25,21-22-19-13-7-8-14-20(19)26-21)23(15-17-9-3-1-4-10-17)16-18-11-5-2-6-12-18/h1-14H,15-16H2. The van der Waals surface area contributed by atoms with Gasteiger partial charge in [-0.05, 0) is 23.3 Å². The first-order chi connectivity index (χ1) is 13.1. The van der Waals surface area contributed by atoms with Crippen LogP contribution in [0, 0.1) is 0 Å². The number of benzene rings is 3. The summed E-state index contributed by atoms with van der Waals surface area (Å²) in [6, 6.07) is 26.7. The molecule has 0 fully saturated rings. The van der Waals surface area contributed by atoms with E-state index in [0.717, 1.165) is 15.8 Å². The summed E-state index contributed by atoms with van der Waals surface area (Å²) in [7, 11) is -3.72. The molecule has 0 saturated heterocycles. The van der Waals surface area contributed by atoms with E-state index in [0.29, 0.717) is 18.6 Å². The second-order valence-electron chi connectivity index (χ2n) is 6.19. The monoisotopic (exact) mass is 394 g/mol. The Labute approximate surface area is 162 Å². The molecular formula is C21H18N2O2S2. The van der Waals surface area contributed by atoms with Gasteiger partial charge in [0.1, 0.15) is 0 Å². The second-order valence-corrected chi connectivity index (χ2v) is 9.33. The van der Waals surface area contributed by atoms with Crippen molar-refractivity contribution in [2.45, 2.75) is 17.4 Å². The number of aromatic nitrogens is 1. The van der Waals surface area contributed by atoms with Crippen molar-refractivity contribution in [2.24, 2.45) is 0 Å². The maximum Gasteiger partial charge on any atom is 0.271 e. The molecule has 4 rings (SSSR count). The molecule has 1 heterocycles. The molecule has 4 aromatic rings. The number of fused-ring (bicyclic) bond motifs is 1. The minimum Gasteiger partial charge on any atom is -0.224 e. The van der Waals surface area contributed by atoms with Gasteiger partial charge in [0, 0.05) is 13.1 Å². The van der Waals surface area contributed by atoms with E-state index in [2.05, 4.69) is 4.98 Å². The molecular weight excluding hydrogens is 376 g/mol. The fraction of sp³-hybridized carbons (Fsp3) is 0.0952. The average molecular weight is 395 g/mol. The quantitative estimate of drug-likeness (QED) is 0.477. The number of para-hydroxylation sites is 1. The second kappa shape index (κ2) is 7.60. The molecule has 6 heteroatoms. The van der Waals surface area contributed by atoms with Gasteiger partial charge in [0.25, 0.3) is 10.0 Å². The lowest BCUT2D eigenvalue weighted by atomic mass is 10.2. The Morgan fingerprint density at radius 3 is 1.81 bits per heavy atom. The van der Waals surface area contributed by atoms with Crippen molar-refractivity contribution in [3.8, 4) is 0 Å². The zero-order valence-electron chi connectivity index (χ0n) is 14.5. The zero-order chi connectivity index (χ0) is 18.7. The molecule has 0 aliphatic heterocycles. The van der Waals surface area contributed by atoms with Crippen LogP contribution < -0.4 is 0 Å². The van der Waals surface area contributed by atoms with Gasteiger partial charge in [-0.3, -0.25) is 0 Å². The summed E-state index contributed by atoms with van der Waals surface area (Å²) in [4.78, 5) is 4.38. The Bertz CT molecular complexity index is 1070. The largest absolute Gasteiger partial charge is 0.271 e. The molecule has 0 aliphatic carbocycles. The van der Waals surface area contributed by atoms with Crippen LogP contribution in [0.4, 0.5) is 0 Å². The van der Waals surface area contributed by atoms with Crippen molar-refractivity contribution in [3.05, 3.63) is 96.1 Å². The van der Waals surface area contributed by atoms with Crippen LogP contribution in [0.15, 0.2) is 89.3 Å². The van der Waals surface area contributed by atoms with Gasteiger partial charge in [-0.2, -0.15) is 4.31 Å². The summed E-state index contributed by atoms with van der Waals surface area (Å²) < 4.78 is 29.3. The third-order valence-corrected chi connectivity index (χ3v) is 7.42. The lowest BCUT2D eigenvalue weighted by Gasteiger charge is -2.21. The van der Waals surface area contributed by atoms with E-state index in [-0.39, 0.29) is 4.34 Å². The highest BCUT2D eigenvalue weighted by atomic mass is 32.2. The number of nitrogens with zero attached hydrogens (tertiary/aromatic N) is 2. The van der Waals surface area contributed by atoms with E-state index in [1.54, 1.807) is 0 Å². The molecule has 136 valence electrons. The first-order valence-electron chi connectivity index (χ1n) is 8.56. The molecule has 0 atom stereocenters. The minimum absolute atomic E-state index is 0.135. The molecule has 27 heavy (non-hydrogen) atoms. The van der Waals surface area contributed by atoms with Gasteiger partial charge in [0.05, 0.1) is 10.2 Å². The van der Waals surface area contributed by atoms with Crippen molar-refractivity contribution in [1.82, 2.24) is 9.29 Å². The summed E-state index contributed by atoms with van der Waals surface area (Å²) in [5.41, 5.74) is 2.59. The molecule has 0 amide bonds. The van der Waals surface area contributed by atoms with Crippen molar-refractivity contribution in [3.63, 3.8) is 0 Å². The molecule has 3 aromatic carbocycles. The van der Waals surface area contributed by atoms with Gasteiger partial charge < -0.3 is 0 Å². The summed E-state index contributed by atoms with van der Waals surface area (Å²) in [5, 5.41) is 0. The summed E-state index contributed by atoms with van der Waals surface area (Å²) in [5.74, 6) is 0. The number of hydrogen-bond donors (Lipinski definition) is 0. The number of thiazole rings is 1. The fourth-order valence-electron chi connectivity index (χ4n) is 2.87. The predicted molar refractivity (Wildman–Crippen MR) is 109 cm³/mol. The first-order valence-corrected chi connectivity index (χ1v) is 10.8. The maximum absolute atomic E-state index is 13.4. The average Bonchev–Trinajstić information content (AvgIpc) is 3.14. The highest BCUT2D eigenvalue weighted by Gasteiger charge is 2.28. The summed E-state index contributed by atoms with van der Waals surface area (Å²) >= 11 is 1.21. The SMILES string of the molecule is O=S(=O)(c1nc2ccccc2s1)N(Cc1ccccc1)Cc1ccccc1. The Morgan fingerprint density at radius 1 is 0.741 bits per heavy atom. The molecule has 0 radical (unpaired) electrons. The Morgan fingerprint density at radius 2 is 1.26 bits per heavy atom. The Kier molecular flexibility index (Phi) is 5.03. The molecule has 0 unspecified atom stereocenters. The predicted octanol–water partition coefficient (Wildman–Crippen LogP) is 4.69. The third-order valence-electron chi connectivity index (χ3n) is 4.24. The van der Waals surface area contributed by atoms with Crippen molar-refractivity contribution >= 4 is 31.6 Å². The molecule has 0 N–H and O–H groups in total. The van der Waals surface area contributed by atoms with Gasteiger partial charge in [0.2, 0.25) is 4.34 Å². The Hall–Kier alpha value is -2.54. The smallest absolute Gasteiger partial charge is 0.224 e. The first kappa shape index (κ1) is 17.9. The molecule has 0 saturated carbocycles. The van der Waals surface area contributed by atoms with Crippen molar-refractivity contribution in [1.29, 1.82) is 0 Å². The van der Waals surface area contributed by atoms with Crippen molar-refractivity contribution < 1.29 is 8.42 Å². The minimum atomic E-state index is -3.72. The van der Waals surface area contributed by atoms with E-state index >= 15 is 0 Å². The van der Waals surface area contributed by atoms with Crippen molar-refractivity contribution in [2.75, 3.05) is 0 Å². The third kappa shape index (κ3) is 3.93. The summed E-state index contributed by atoms with van der Waals surface area (Å²) in [6.07, 6.45) is 0. The molecule has 0 aliphatic rings. The van der Waals surface area contributed by atoms with Crippen LogP contribution in [0.5, 0.6) is 0 Å². The maximum atomic E-state index is 13.4. The lowest BCUT2D eigenvalue weighted by molar-refractivity contribution is 0.401. The van der Waals surface area contributed by atoms with E-state index < -0.39 is 10.0 Å². The van der Waals surface area contributed by atoms with Gasteiger partial charge in [-0.15, -0.1) is 11.3 Å². The lowest BCUT2D eigenvalue weighted by Crippen LogP contribution is -2.30. The van der Waals surface area contributed by atoms with Crippen LogP contribution in [-0.4, -0.2) is 17.7 Å².